The summed E-state index contributed by atoms with van der Waals surface area (Å²) in [6, 6.07) is 22.6. The van der Waals surface area contributed by atoms with Crippen LogP contribution in [0.1, 0.15) is 60.3 Å². The predicted octanol–water partition coefficient (Wildman–Crippen LogP) is 6.16. The van der Waals surface area contributed by atoms with Crippen molar-refractivity contribution in [1.82, 2.24) is 4.90 Å². The average Bonchev–Trinajstić information content (AvgIpc) is 3.20. The lowest BCUT2D eigenvalue weighted by Gasteiger charge is -2.51. The van der Waals surface area contributed by atoms with Crippen molar-refractivity contribution in [2.24, 2.45) is 0 Å². The Kier molecular flexibility index (Phi) is 5.76. The van der Waals surface area contributed by atoms with Gasteiger partial charge in [0.05, 0.1) is 12.7 Å². The lowest BCUT2D eigenvalue weighted by molar-refractivity contribution is -0.0893. The Labute approximate surface area is 212 Å². The molecule has 2 atom stereocenters. The van der Waals surface area contributed by atoms with Crippen molar-refractivity contribution >= 4 is 6.09 Å². The van der Waals surface area contributed by atoms with E-state index in [0.29, 0.717) is 19.4 Å². The second-order valence-electron chi connectivity index (χ2n) is 10.6. The number of carbonyl (C=O) groups excluding carboxylic acids is 1. The van der Waals surface area contributed by atoms with Gasteiger partial charge in [-0.3, -0.25) is 0 Å². The Morgan fingerprint density at radius 3 is 2.17 bits per heavy atom. The molecular formula is C31H33NO4. The van der Waals surface area contributed by atoms with Crippen LogP contribution in [0.4, 0.5) is 4.79 Å². The zero-order chi connectivity index (χ0) is 24.9. The first-order valence-corrected chi connectivity index (χ1v) is 13.0. The molecule has 3 aliphatic rings. The van der Waals surface area contributed by atoms with E-state index in [9.17, 15) is 9.90 Å². The Balaban J connectivity index is 1.20. The number of ether oxygens (including phenoxy) is 2. The number of amides is 1. The molecule has 0 aromatic heterocycles. The molecule has 6 rings (SSSR count). The van der Waals surface area contributed by atoms with Crippen LogP contribution in [0.3, 0.4) is 0 Å². The highest BCUT2D eigenvalue weighted by Crippen LogP contribution is 2.47. The first kappa shape index (κ1) is 23.1. The number of hydrogen-bond donors (Lipinski definition) is 1. The Morgan fingerprint density at radius 1 is 0.972 bits per heavy atom. The number of methoxy groups -OCH3 is 1. The normalized spacial score (nSPS) is 24.7. The Morgan fingerprint density at radius 2 is 1.58 bits per heavy atom. The summed E-state index contributed by atoms with van der Waals surface area (Å²) in [5.74, 6) is 0.834. The third-order valence-electron chi connectivity index (χ3n) is 8.49. The van der Waals surface area contributed by atoms with Gasteiger partial charge >= 0.3 is 6.09 Å². The molecule has 0 spiro atoms. The van der Waals surface area contributed by atoms with E-state index in [2.05, 4.69) is 48.5 Å². The van der Waals surface area contributed by atoms with E-state index in [0.717, 1.165) is 36.1 Å². The van der Waals surface area contributed by atoms with E-state index in [1.807, 2.05) is 30.0 Å². The lowest BCUT2D eigenvalue weighted by atomic mass is 9.72. The van der Waals surface area contributed by atoms with Gasteiger partial charge in [0, 0.05) is 30.8 Å². The monoisotopic (exact) mass is 483 g/mol. The van der Waals surface area contributed by atoms with Gasteiger partial charge in [0.2, 0.25) is 0 Å². The minimum atomic E-state index is -0.952. The summed E-state index contributed by atoms with van der Waals surface area (Å²) < 4.78 is 11.4. The summed E-state index contributed by atoms with van der Waals surface area (Å²) >= 11 is 0. The fourth-order valence-electron chi connectivity index (χ4n) is 6.90. The highest BCUT2D eigenvalue weighted by atomic mass is 16.6. The van der Waals surface area contributed by atoms with Crippen LogP contribution >= 0.6 is 0 Å². The molecule has 1 amide bonds. The Hall–Kier alpha value is -3.31. The fraction of sp³-hybridized carbons (Fsp3) is 0.387. The number of aryl methyl sites for hydroxylation is 1. The molecule has 2 unspecified atom stereocenters. The number of nitrogens with zero attached hydrogens (tertiary/aromatic N) is 1. The zero-order valence-corrected chi connectivity index (χ0v) is 20.9. The highest BCUT2D eigenvalue weighted by Gasteiger charge is 2.49. The average molecular weight is 484 g/mol. The van der Waals surface area contributed by atoms with Crippen LogP contribution in [0.5, 0.6) is 5.75 Å². The highest BCUT2D eigenvalue weighted by molar-refractivity contribution is 5.79. The first-order chi connectivity index (χ1) is 17.5. The van der Waals surface area contributed by atoms with Crippen LogP contribution in [0.25, 0.3) is 11.1 Å². The van der Waals surface area contributed by atoms with Gasteiger partial charge in [0.1, 0.15) is 12.4 Å². The van der Waals surface area contributed by atoms with Crippen molar-refractivity contribution < 1.29 is 19.4 Å². The summed E-state index contributed by atoms with van der Waals surface area (Å²) in [6.45, 7) is 2.34. The number of benzene rings is 3. The van der Waals surface area contributed by atoms with Gasteiger partial charge in [-0.1, -0.05) is 54.6 Å². The molecule has 5 heteroatoms. The summed E-state index contributed by atoms with van der Waals surface area (Å²) in [5.41, 5.74) is 5.89. The van der Waals surface area contributed by atoms with Gasteiger partial charge < -0.3 is 19.5 Å². The number of carbonyl (C=O) groups is 1. The maximum Gasteiger partial charge on any atom is 0.410 e. The molecule has 2 fully saturated rings. The van der Waals surface area contributed by atoms with Gasteiger partial charge in [-0.25, -0.2) is 4.79 Å². The number of fused-ring (bicyclic) bond motifs is 5. The third-order valence-corrected chi connectivity index (χ3v) is 8.49. The second-order valence-corrected chi connectivity index (χ2v) is 10.6. The summed E-state index contributed by atoms with van der Waals surface area (Å²) in [5, 5.41) is 11.8. The maximum atomic E-state index is 13.5. The largest absolute Gasteiger partial charge is 0.497 e. The maximum absolute atomic E-state index is 13.5. The molecule has 3 aromatic rings. The summed E-state index contributed by atoms with van der Waals surface area (Å²) in [6.07, 6.45) is 3.65. The molecule has 3 aromatic carbocycles. The van der Waals surface area contributed by atoms with E-state index < -0.39 is 5.60 Å². The number of aliphatic hydroxyl groups is 1. The molecule has 2 heterocycles. The molecule has 2 bridgehead atoms. The van der Waals surface area contributed by atoms with Crippen LogP contribution in [0.2, 0.25) is 0 Å². The molecule has 2 saturated heterocycles. The fourth-order valence-corrected chi connectivity index (χ4v) is 6.90. The molecule has 36 heavy (non-hydrogen) atoms. The number of hydrogen-bond acceptors (Lipinski definition) is 4. The summed E-state index contributed by atoms with van der Waals surface area (Å²) in [4.78, 5) is 15.4. The first-order valence-electron chi connectivity index (χ1n) is 13.0. The zero-order valence-electron chi connectivity index (χ0n) is 20.9. The third kappa shape index (κ3) is 3.77. The van der Waals surface area contributed by atoms with Gasteiger partial charge in [-0.15, -0.1) is 0 Å². The molecule has 0 saturated carbocycles. The van der Waals surface area contributed by atoms with Crippen LogP contribution in [0, 0.1) is 6.92 Å². The van der Waals surface area contributed by atoms with Crippen LogP contribution in [-0.4, -0.2) is 41.9 Å². The Bertz CT molecular complexity index is 1240. The van der Waals surface area contributed by atoms with Crippen molar-refractivity contribution in [2.45, 2.75) is 62.6 Å². The molecule has 186 valence electrons. The lowest BCUT2D eigenvalue weighted by Crippen LogP contribution is -2.59. The molecule has 0 radical (unpaired) electrons. The van der Waals surface area contributed by atoms with Crippen molar-refractivity contribution in [3.05, 3.63) is 89.0 Å². The van der Waals surface area contributed by atoms with Gasteiger partial charge in [-0.05, 0) is 71.7 Å². The van der Waals surface area contributed by atoms with E-state index in [1.165, 1.54) is 22.3 Å². The second kappa shape index (κ2) is 8.97. The van der Waals surface area contributed by atoms with Crippen molar-refractivity contribution in [2.75, 3.05) is 13.7 Å². The minimum absolute atomic E-state index is 0.0281. The smallest absolute Gasteiger partial charge is 0.410 e. The molecule has 5 nitrogen and oxygen atoms in total. The van der Waals surface area contributed by atoms with Crippen molar-refractivity contribution in [3.63, 3.8) is 0 Å². The van der Waals surface area contributed by atoms with E-state index >= 15 is 0 Å². The number of piperidine rings is 2. The standard InChI is InChI=1S/C31H33NO4/c1-20-16-23(35-2)14-15-29(20)31(34)17-21-8-7-9-22(18-31)32(21)30(33)36-19-28-26-12-5-3-10-24(26)25-11-4-6-13-27(25)28/h3-6,10-16,21-22,28,34H,7-9,17-19H2,1-2H3. The van der Waals surface area contributed by atoms with Gasteiger partial charge in [-0.2, -0.15) is 0 Å². The van der Waals surface area contributed by atoms with E-state index in [4.69, 9.17) is 9.47 Å². The molecular weight excluding hydrogens is 450 g/mol. The van der Waals surface area contributed by atoms with Crippen molar-refractivity contribution in [1.29, 1.82) is 0 Å². The quantitative estimate of drug-likeness (QED) is 0.483. The minimum Gasteiger partial charge on any atom is -0.497 e. The van der Waals surface area contributed by atoms with Crippen LogP contribution in [0.15, 0.2) is 66.7 Å². The molecule has 1 aliphatic carbocycles. The van der Waals surface area contributed by atoms with Crippen LogP contribution in [-0.2, 0) is 10.3 Å². The van der Waals surface area contributed by atoms with E-state index in [-0.39, 0.29) is 24.1 Å². The van der Waals surface area contributed by atoms with E-state index in [1.54, 1.807) is 7.11 Å². The van der Waals surface area contributed by atoms with Gasteiger partial charge in [0.15, 0.2) is 0 Å². The molecule has 2 aliphatic heterocycles. The topological polar surface area (TPSA) is 59.0 Å². The van der Waals surface area contributed by atoms with Gasteiger partial charge in [0.25, 0.3) is 0 Å². The predicted molar refractivity (Wildman–Crippen MR) is 139 cm³/mol. The SMILES string of the molecule is COc1ccc(C2(O)CC3CCCC(C2)N3C(=O)OCC2c3ccccc3-c3ccccc32)c(C)c1. The molecule has 1 N–H and O–H groups in total. The number of rotatable bonds is 4. The van der Waals surface area contributed by atoms with Crippen LogP contribution < -0.4 is 4.74 Å². The van der Waals surface area contributed by atoms with Crippen molar-refractivity contribution in [3.8, 4) is 16.9 Å². The summed E-state index contributed by atoms with van der Waals surface area (Å²) in [7, 11) is 1.65.